The summed E-state index contributed by atoms with van der Waals surface area (Å²) >= 11 is 14.4. The fourth-order valence-electron chi connectivity index (χ4n) is 3.89. The molecule has 8 nitrogen and oxygen atoms in total. The first-order valence-corrected chi connectivity index (χ1v) is 13.4. The number of nitrogens with one attached hydrogen (secondary N) is 2. The van der Waals surface area contributed by atoms with Crippen LogP contribution in [0.4, 0.5) is 0 Å². The highest BCUT2D eigenvalue weighted by atomic mass is 127. The van der Waals surface area contributed by atoms with Crippen LogP contribution in [0.15, 0.2) is 70.3 Å². The second kappa shape index (κ2) is 11.7. The number of hydrogen-bond donors (Lipinski definition) is 2. The van der Waals surface area contributed by atoms with E-state index in [0.717, 1.165) is 8.14 Å². The third-order valence-electron chi connectivity index (χ3n) is 5.63. The Labute approximate surface area is 241 Å². The highest BCUT2D eigenvalue weighted by Gasteiger charge is 2.26. The number of carbonyl (C=O) groups excluding carboxylic acids is 2. The molecule has 0 fully saturated rings. The maximum absolute atomic E-state index is 13.1. The number of aromatic nitrogens is 2. The Morgan fingerprint density at radius 1 is 1.03 bits per heavy atom. The van der Waals surface area contributed by atoms with Crippen LogP contribution in [-0.4, -0.2) is 33.6 Å². The lowest BCUT2D eigenvalue weighted by atomic mass is 10.0. The number of hydrogen-bond acceptors (Lipinski definition) is 5. The van der Waals surface area contributed by atoms with Gasteiger partial charge in [0.25, 0.3) is 11.5 Å². The molecule has 0 saturated heterocycles. The van der Waals surface area contributed by atoms with Crippen molar-refractivity contribution < 1.29 is 14.3 Å². The summed E-state index contributed by atoms with van der Waals surface area (Å²) in [5.74, 6) is -1.25. The van der Waals surface area contributed by atoms with Gasteiger partial charge in [0.15, 0.2) is 0 Å². The van der Waals surface area contributed by atoms with E-state index in [1.54, 1.807) is 62.4 Å². The summed E-state index contributed by atoms with van der Waals surface area (Å²) in [7, 11) is 0. The third kappa shape index (κ3) is 6.11. The number of fused-ring (bicyclic) bond motifs is 1. The lowest BCUT2D eigenvalue weighted by Crippen LogP contribution is -2.44. The molecule has 1 atom stereocenters. The first kappa shape index (κ1) is 27.9. The van der Waals surface area contributed by atoms with Crippen LogP contribution in [0.2, 0.25) is 10.0 Å². The van der Waals surface area contributed by atoms with E-state index in [4.69, 9.17) is 27.9 Å². The monoisotopic (exact) mass is 665 g/mol. The van der Waals surface area contributed by atoms with Gasteiger partial charge in [0.05, 0.1) is 38.3 Å². The van der Waals surface area contributed by atoms with Gasteiger partial charge in [-0.05, 0) is 84.5 Å². The van der Waals surface area contributed by atoms with Crippen LogP contribution in [0.5, 0.6) is 0 Å². The Morgan fingerprint density at radius 2 is 1.68 bits per heavy atom. The van der Waals surface area contributed by atoms with E-state index in [-0.39, 0.29) is 22.0 Å². The maximum Gasteiger partial charge on any atom is 0.333 e. The standard InChI is InChI=1S/C27H22Cl2IN3O5/c1-14(2)38-26(36)22(31-24(34)23-19(28)4-3-5-20(23)29)12-15-6-9-17(10-7-15)33-25(35)18-13-16(30)8-11-21(18)32-27(33)37/h3-11,13-14,22H,12H2,1-2H3,(H,31,34)(H,32,37). The smallest absolute Gasteiger partial charge is 0.333 e. The van der Waals surface area contributed by atoms with Gasteiger partial charge < -0.3 is 15.0 Å². The summed E-state index contributed by atoms with van der Waals surface area (Å²) < 4.78 is 7.26. The molecule has 1 heterocycles. The van der Waals surface area contributed by atoms with Gasteiger partial charge >= 0.3 is 11.7 Å². The molecule has 3 aromatic carbocycles. The number of nitrogens with zero attached hydrogens (tertiary/aromatic N) is 1. The van der Waals surface area contributed by atoms with E-state index in [2.05, 4.69) is 32.9 Å². The zero-order chi connectivity index (χ0) is 27.6. The van der Waals surface area contributed by atoms with Crippen LogP contribution in [0, 0.1) is 3.57 Å². The Balaban J connectivity index is 1.63. The lowest BCUT2D eigenvalue weighted by molar-refractivity contribution is -0.149. The summed E-state index contributed by atoms with van der Waals surface area (Å²) in [6, 6.07) is 15.4. The second-order valence-corrected chi connectivity index (χ2v) is 10.8. The quantitative estimate of drug-likeness (QED) is 0.216. The largest absolute Gasteiger partial charge is 0.461 e. The van der Waals surface area contributed by atoms with Crippen molar-refractivity contribution in [2.75, 3.05) is 0 Å². The van der Waals surface area contributed by atoms with Crippen LogP contribution in [0.1, 0.15) is 29.8 Å². The molecule has 196 valence electrons. The summed E-state index contributed by atoms with van der Waals surface area (Å²) in [4.78, 5) is 54.3. The molecule has 38 heavy (non-hydrogen) atoms. The van der Waals surface area contributed by atoms with Gasteiger partial charge in [-0.15, -0.1) is 0 Å². The number of carbonyl (C=O) groups is 2. The number of ether oxygens (including phenoxy) is 1. The molecule has 0 aliphatic carbocycles. The van der Waals surface area contributed by atoms with Crippen LogP contribution < -0.4 is 16.6 Å². The molecular formula is C27H22Cl2IN3O5. The van der Waals surface area contributed by atoms with Crippen LogP contribution >= 0.6 is 45.8 Å². The number of halogens is 3. The average Bonchev–Trinajstić information content (AvgIpc) is 2.84. The summed E-state index contributed by atoms with van der Waals surface area (Å²) in [5.41, 5.74) is 0.502. The molecule has 1 amide bonds. The van der Waals surface area contributed by atoms with E-state index in [0.29, 0.717) is 22.2 Å². The van der Waals surface area contributed by atoms with E-state index in [1.165, 1.54) is 12.1 Å². The fraction of sp³-hybridized carbons (Fsp3) is 0.185. The van der Waals surface area contributed by atoms with E-state index >= 15 is 0 Å². The Hall–Kier alpha value is -3.15. The lowest BCUT2D eigenvalue weighted by Gasteiger charge is -2.20. The second-order valence-electron chi connectivity index (χ2n) is 8.74. The molecule has 0 aliphatic heterocycles. The predicted octanol–water partition coefficient (Wildman–Crippen LogP) is 4.88. The normalized spacial score (nSPS) is 11.9. The van der Waals surface area contributed by atoms with Crippen molar-refractivity contribution in [1.82, 2.24) is 14.9 Å². The fourth-order valence-corrected chi connectivity index (χ4v) is 4.95. The molecule has 1 aromatic heterocycles. The van der Waals surface area contributed by atoms with E-state index in [1.807, 2.05) is 0 Å². The molecule has 0 saturated carbocycles. The van der Waals surface area contributed by atoms with Crippen molar-refractivity contribution in [2.45, 2.75) is 32.4 Å². The maximum atomic E-state index is 13.1. The molecule has 1 unspecified atom stereocenters. The topological polar surface area (TPSA) is 110 Å². The highest BCUT2D eigenvalue weighted by Crippen LogP contribution is 2.24. The van der Waals surface area contributed by atoms with Crippen molar-refractivity contribution in [3.8, 4) is 5.69 Å². The predicted molar refractivity (Wildman–Crippen MR) is 156 cm³/mol. The zero-order valence-electron chi connectivity index (χ0n) is 20.3. The van der Waals surface area contributed by atoms with Crippen molar-refractivity contribution in [1.29, 1.82) is 0 Å². The number of amides is 1. The summed E-state index contributed by atoms with van der Waals surface area (Å²) in [6.07, 6.45) is -0.316. The molecule has 2 N–H and O–H groups in total. The first-order valence-electron chi connectivity index (χ1n) is 11.5. The van der Waals surface area contributed by atoms with Gasteiger partial charge in [-0.1, -0.05) is 41.4 Å². The number of rotatable bonds is 7. The zero-order valence-corrected chi connectivity index (χ0v) is 23.9. The molecule has 0 spiro atoms. The molecule has 4 rings (SSSR count). The molecule has 11 heteroatoms. The minimum absolute atomic E-state index is 0.0538. The number of esters is 1. The molecule has 0 radical (unpaired) electrons. The Bertz CT molecular complexity index is 1630. The van der Waals surface area contributed by atoms with E-state index in [9.17, 15) is 19.2 Å². The Kier molecular flexibility index (Phi) is 8.59. The summed E-state index contributed by atoms with van der Waals surface area (Å²) in [6.45, 7) is 3.41. The van der Waals surface area contributed by atoms with Crippen molar-refractivity contribution in [3.63, 3.8) is 0 Å². The van der Waals surface area contributed by atoms with Gasteiger partial charge in [0, 0.05) is 9.99 Å². The molecular weight excluding hydrogens is 644 g/mol. The minimum Gasteiger partial charge on any atom is -0.461 e. The minimum atomic E-state index is -1.04. The number of benzene rings is 3. The van der Waals surface area contributed by atoms with Crippen molar-refractivity contribution >= 4 is 68.6 Å². The van der Waals surface area contributed by atoms with Crippen molar-refractivity contribution in [2.24, 2.45) is 0 Å². The SMILES string of the molecule is CC(C)OC(=O)C(Cc1ccc(-n2c(=O)[nH]c3ccc(I)cc3c2=O)cc1)NC(=O)c1c(Cl)cccc1Cl. The van der Waals surface area contributed by atoms with Gasteiger partial charge in [0.1, 0.15) is 6.04 Å². The van der Waals surface area contributed by atoms with Crippen molar-refractivity contribution in [3.05, 3.63) is 106 Å². The first-order chi connectivity index (χ1) is 18.0. The summed E-state index contributed by atoms with van der Waals surface area (Å²) in [5, 5.41) is 3.35. The molecule has 4 aromatic rings. The third-order valence-corrected chi connectivity index (χ3v) is 6.93. The number of aromatic amines is 1. The average molecular weight is 666 g/mol. The Morgan fingerprint density at radius 3 is 2.32 bits per heavy atom. The van der Waals surface area contributed by atoms with Crippen LogP contribution in [0.3, 0.4) is 0 Å². The van der Waals surface area contributed by atoms with Gasteiger partial charge in [-0.2, -0.15) is 0 Å². The highest BCUT2D eigenvalue weighted by molar-refractivity contribution is 14.1. The van der Waals surface area contributed by atoms with E-state index < -0.39 is 35.3 Å². The number of H-pyrrole nitrogens is 1. The van der Waals surface area contributed by atoms with Gasteiger partial charge in [0.2, 0.25) is 0 Å². The van der Waals surface area contributed by atoms with Gasteiger partial charge in [-0.3, -0.25) is 9.59 Å². The van der Waals surface area contributed by atoms with Gasteiger partial charge in [-0.25, -0.2) is 14.2 Å². The van der Waals surface area contributed by atoms with Crippen LogP contribution in [0.25, 0.3) is 16.6 Å². The molecule has 0 bridgehead atoms. The molecule has 0 aliphatic rings. The van der Waals surface area contributed by atoms with Crippen LogP contribution in [-0.2, 0) is 16.0 Å².